The van der Waals surface area contributed by atoms with Crippen LogP contribution in [-0.2, 0) is 0 Å². The Labute approximate surface area is 344 Å². The van der Waals surface area contributed by atoms with Crippen molar-refractivity contribution >= 4 is 60.2 Å². The van der Waals surface area contributed by atoms with Crippen molar-refractivity contribution in [3.63, 3.8) is 0 Å². The predicted octanol–water partition coefficient (Wildman–Crippen LogP) is 16.4. The van der Waals surface area contributed by atoms with E-state index < -0.39 is 0 Å². The lowest BCUT2D eigenvalue weighted by Crippen LogP contribution is -2.10. The van der Waals surface area contributed by atoms with Gasteiger partial charge in [-0.25, -0.2) is 0 Å². The van der Waals surface area contributed by atoms with Crippen LogP contribution in [0, 0.1) is 0 Å². The van der Waals surface area contributed by atoms with Gasteiger partial charge in [0.1, 0.15) is 0 Å². The van der Waals surface area contributed by atoms with Gasteiger partial charge in [-0.3, -0.25) is 0 Å². The molecule has 1 nitrogen and oxygen atoms in total. The van der Waals surface area contributed by atoms with Crippen LogP contribution in [0.25, 0.3) is 87.6 Å². The second kappa shape index (κ2) is 14.6. The highest BCUT2D eigenvalue weighted by atomic mass is 15.1. The summed E-state index contributed by atoms with van der Waals surface area (Å²) in [6.07, 6.45) is 0. The summed E-state index contributed by atoms with van der Waals surface area (Å²) < 4.78 is 0. The molecule has 0 unspecified atom stereocenters. The van der Waals surface area contributed by atoms with Crippen molar-refractivity contribution in [1.82, 2.24) is 0 Å². The zero-order valence-corrected chi connectivity index (χ0v) is 32.5. The molecule has 0 amide bonds. The average Bonchev–Trinajstić information content (AvgIpc) is 3.32. The first-order valence-corrected chi connectivity index (χ1v) is 20.3. The highest BCUT2D eigenvalue weighted by Crippen LogP contribution is 2.40. The molecular formula is C58H39N. The molecule has 11 aromatic rings. The third-order valence-corrected chi connectivity index (χ3v) is 11.8. The number of nitrogens with zero attached hydrogens (tertiary/aromatic N) is 1. The molecule has 0 N–H and O–H groups in total. The van der Waals surface area contributed by atoms with Gasteiger partial charge in [0.2, 0.25) is 0 Å². The van der Waals surface area contributed by atoms with Crippen molar-refractivity contribution < 1.29 is 0 Å². The van der Waals surface area contributed by atoms with E-state index in [-0.39, 0.29) is 0 Å². The first-order chi connectivity index (χ1) is 29.2. The summed E-state index contributed by atoms with van der Waals surface area (Å²) in [5.41, 5.74) is 13.0. The van der Waals surface area contributed by atoms with Crippen molar-refractivity contribution in [1.29, 1.82) is 0 Å². The molecule has 0 atom stereocenters. The highest BCUT2D eigenvalue weighted by molar-refractivity contribution is 6.25. The monoisotopic (exact) mass is 749 g/mol. The number of hydrogen-bond donors (Lipinski definition) is 0. The summed E-state index contributed by atoms with van der Waals surface area (Å²) >= 11 is 0. The number of benzene rings is 11. The molecule has 276 valence electrons. The van der Waals surface area contributed by atoms with E-state index in [1.165, 1.54) is 87.6 Å². The number of fused-ring (bicyclic) bond motifs is 7. The molecule has 0 aromatic heterocycles. The van der Waals surface area contributed by atoms with Crippen LogP contribution in [0.4, 0.5) is 17.1 Å². The van der Waals surface area contributed by atoms with E-state index in [0.29, 0.717) is 0 Å². The molecule has 0 saturated heterocycles. The molecule has 0 radical (unpaired) electrons. The van der Waals surface area contributed by atoms with Crippen LogP contribution in [0.5, 0.6) is 0 Å². The molecule has 59 heavy (non-hydrogen) atoms. The second-order valence-corrected chi connectivity index (χ2v) is 15.3. The van der Waals surface area contributed by atoms with Gasteiger partial charge < -0.3 is 4.90 Å². The van der Waals surface area contributed by atoms with Crippen LogP contribution in [0.2, 0.25) is 0 Å². The standard InChI is InChI=1S/C58H39N/c1-3-12-40(13-4-1)42-26-31-50(32-27-42)59(51-33-28-43(29-34-51)41-14-5-2-6-15-41)52-17-11-16-44(38-52)45-22-23-47-37-48(25-24-46(47)36-45)49-30-35-57-55-20-8-7-18-53(55)54-19-9-10-21-56(54)58(57)39-49/h1-39H. The Bertz CT molecular complexity index is 3170. The second-order valence-electron chi connectivity index (χ2n) is 15.3. The summed E-state index contributed by atoms with van der Waals surface area (Å²) in [6.45, 7) is 0. The topological polar surface area (TPSA) is 3.24 Å². The Kier molecular flexibility index (Phi) is 8.56. The average molecular weight is 750 g/mol. The summed E-state index contributed by atoms with van der Waals surface area (Å²) in [7, 11) is 0. The largest absolute Gasteiger partial charge is 0.310 e. The van der Waals surface area contributed by atoms with Gasteiger partial charge in [-0.1, -0.05) is 182 Å². The lowest BCUT2D eigenvalue weighted by atomic mass is 9.91. The fraction of sp³-hybridized carbons (Fsp3) is 0. The number of anilines is 3. The van der Waals surface area contributed by atoms with E-state index >= 15 is 0 Å². The lowest BCUT2D eigenvalue weighted by molar-refractivity contribution is 1.28. The Morgan fingerprint density at radius 2 is 0.542 bits per heavy atom. The molecule has 0 aliphatic carbocycles. The van der Waals surface area contributed by atoms with Gasteiger partial charge in [0.05, 0.1) is 0 Å². The van der Waals surface area contributed by atoms with Gasteiger partial charge >= 0.3 is 0 Å². The normalized spacial score (nSPS) is 11.4. The van der Waals surface area contributed by atoms with E-state index in [0.717, 1.165) is 17.1 Å². The molecule has 0 fully saturated rings. The van der Waals surface area contributed by atoms with Gasteiger partial charge in [-0.05, 0) is 142 Å². The van der Waals surface area contributed by atoms with Crippen LogP contribution >= 0.6 is 0 Å². The first kappa shape index (κ1) is 34.5. The maximum absolute atomic E-state index is 2.38. The zero-order valence-electron chi connectivity index (χ0n) is 32.5. The SMILES string of the molecule is c1ccc(-c2ccc(N(c3ccc(-c4ccccc4)cc3)c3cccc(-c4ccc5cc(-c6ccc7c8ccccc8c8ccccc8c7c6)ccc5c4)c3)cc2)cc1. The Morgan fingerprint density at radius 3 is 1.05 bits per heavy atom. The van der Waals surface area contributed by atoms with E-state index in [1.54, 1.807) is 0 Å². The Balaban J connectivity index is 0.949. The molecule has 11 aromatic carbocycles. The molecule has 0 aliphatic rings. The van der Waals surface area contributed by atoms with Crippen LogP contribution in [-0.4, -0.2) is 0 Å². The van der Waals surface area contributed by atoms with Crippen LogP contribution in [0.3, 0.4) is 0 Å². The Morgan fingerprint density at radius 1 is 0.186 bits per heavy atom. The molecule has 0 heterocycles. The van der Waals surface area contributed by atoms with Crippen LogP contribution in [0.15, 0.2) is 237 Å². The van der Waals surface area contributed by atoms with Crippen molar-refractivity contribution in [2.45, 2.75) is 0 Å². The van der Waals surface area contributed by atoms with Gasteiger partial charge in [0, 0.05) is 17.1 Å². The van der Waals surface area contributed by atoms with Gasteiger partial charge in [0.25, 0.3) is 0 Å². The minimum Gasteiger partial charge on any atom is -0.310 e. The molecule has 1 heteroatoms. The van der Waals surface area contributed by atoms with Crippen LogP contribution in [0.1, 0.15) is 0 Å². The van der Waals surface area contributed by atoms with Crippen molar-refractivity contribution in [2.24, 2.45) is 0 Å². The first-order valence-electron chi connectivity index (χ1n) is 20.3. The fourth-order valence-corrected chi connectivity index (χ4v) is 8.83. The molecule has 0 saturated carbocycles. The van der Waals surface area contributed by atoms with Crippen molar-refractivity contribution in [2.75, 3.05) is 4.90 Å². The number of hydrogen-bond acceptors (Lipinski definition) is 1. The minimum atomic E-state index is 1.11. The summed E-state index contributed by atoms with van der Waals surface area (Å²) in [5, 5.41) is 10.2. The zero-order chi connectivity index (χ0) is 39.1. The maximum Gasteiger partial charge on any atom is 0.0467 e. The minimum absolute atomic E-state index is 1.11. The van der Waals surface area contributed by atoms with Gasteiger partial charge in [-0.2, -0.15) is 0 Å². The van der Waals surface area contributed by atoms with Crippen LogP contribution < -0.4 is 4.90 Å². The quantitative estimate of drug-likeness (QED) is 0.147. The van der Waals surface area contributed by atoms with Gasteiger partial charge in [0.15, 0.2) is 0 Å². The molecule has 11 rings (SSSR count). The lowest BCUT2D eigenvalue weighted by Gasteiger charge is -2.26. The van der Waals surface area contributed by atoms with Gasteiger partial charge in [-0.15, -0.1) is 0 Å². The highest BCUT2D eigenvalue weighted by Gasteiger charge is 2.15. The predicted molar refractivity (Wildman–Crippen MR) is 253 cm³/mol. The van der Waals surface area contributed by atoms with E-state index in [9.17, 15) is 0 Å². The van der Waals surface area contributed by atoms with E-state index in [2.05, 4.69) is 241 Å². The smallest absolute Gasteiger partial charge is 0.0467 e. The van der Waals surface area contributed by atoms with E-state index in [4.69, 9.17) is 0 Å². The Hall–Kier alpha value is -7.74. The van der Waals surface area contributed by atoms with E-state index in [1.807, 2.05) is 0 Å². The maximum atomic E-state index is 2.38. The van der Waals surface area contributed by atoms with Crippen molar-refractivity contribution in [3.8, 4) is 44.5 Å². The molecule has 0 spiro atoms. The summed E-state index contributed by atoms with van der Waals surface area (Å²) in [6, 6.07) is 86.1. The van der Waals surface area contributed by atoms with Crippen molar-refractivity contribution in [3.05, 3.63) is 237 Å². The summed E-state index contributed by atoms with van der Waals surface area (Å²) in [5.74, 6) is 0. The third kappa shape index (κ3) is 6.40. The molecule has 0 aliphatic heterocycles. The third-order valence-electron chi connectivity index (χ3n) is 11.8. The molecular weight excluding hydrogens is 711 g/mol. The molecule has 0 bridgehead atoms. The number of rotatable bonds is 7. The fourth-order valence-electron chi connectivity index (χ4n) is 8.83. The summed E-state index contributed by atoms with van der Waals surface area (Å²) in [4.78, 5) is 2.36.